The largest absolute Gasteiger partial charge is 0.482 e. The number of allylic oxidation sites excluding steroid dienone is 2. The Labute approximate surface area is 131 Å². The van der Waals surface area contributed by atoms with Crippen LogP contribution in [0.1, 0.15) is 38.2 Å². The number of para-hydroxylation sites is 1. The van der Waals surface area contributed by atoms with E-state index in [1.807, 2.05) is 56.3 Å². The summed E-state index contributed by atoms with van der Waals surface area (Å²) in [6.07, 6.45) is 2.02. The van der Waals surface area contributed by atoms with Gasteiger partial charge in [0.1, 0.15) is 11.9 Å². The van der Waals surface area contributed by atoms with Crippen LogP contribution in [0.4, 0.5) is 0 Å². The molecule has 0 aliphatic rings. The lowest BCUT2D eigenvalue weighted by molar-refractivity contribution is 0.227. The molecule has 112 valence electrons. The molecule has 3 rings (SSSR count). The highest BCUT2D eigenvalue weighted by Gasteiger charge is 2.13. The minimum atomic E-state index is -0.0248. The molecule has 0 saturated carbocycles. The summed E-state index contributed by atoms with van der Waals surface area (Å²) in [4.78, 5) is 0. The van der Waals surface area contributed by atoms with Gasteiger partial charge in [0.25, 0.3) is 0 Å². The van der Waals surface area contributed by atoms with Crippen molar-refractivity contribution in [2.45, 2.75) is 26.9 Å². The fourth-order valence-corrected chi connectivity index (χ4v) is 2.45. The monoisotopic (exact) mass is 292 g/mol. The summed E-state index contributed by atoms with van der Waals surface area (Å²) in [5.41, 5.74) is 3.08. The number of ether oxygens (including phenoxy) is 1. The van der Waals surface area contributed by atoms with Gasteiger partial charge < -0.3 is 9.15 Å². The third-order valence-corrected chi connectivity index (χ3v) is 3.90. The summed E-state index contributed by atoms with van der Waals surface area (Å²) in [5.74, 6) is 1.67. The van der Waals surface area contributed by atoms with Crippen molar-refractivity contribution in [1.29, 1.82) is 0 Å². The number of rotatable bonds is 4. The molecule has 0 saturated heterocycles. The van der Waals surface area contributed by atoms with Crippen molar-refractivity contribution >= 4 is 16.5 Å². The third kappa shape index (κ3) is 2.77. The molecule has 0 spiro atoms. The van der Waals surface area contributed by atoms with E-state index in [-0.39, 0.29) is 6.10 Å². The van der Waals surface area contributed by atoms with Crippen molar-refractivity contribution in [2.24, 2.45) is 0 Å². The van der Waals surface area contributed by atoms with Crippen LogP contribution < -0.4 is 4.74 Å². The maximum Gasteiger partial charge on any atom is 0.176 e. The molecule has 2 heteroatoms. The van der Waals surface area contributed by atoms with Crippen LogP contribution in [0.2, 0.25) is 0 Å². The number of fused-ring (bicyclic) bond motifs is 1. The van der Waals surface area contributed by atoms with E-state index in [1.165, 1.54) is 0 Å². The molecule has 2 nitrogen and oxygen atoms in total. The highest BCUT2D eigenvalue weighted by Crippen LogP contribution is 2.33. The molecule has 0 amide bonds. The zero-order valence-corrected chi connectivity index (χ0v) is 13.2. The van der Waals surface area contributed by atoms with Gasteiger partial charge in [-0.1, -0.05) is 48.5 Å². The normalized spacial score (nSPS) is 13.3. The molecule has 1 heterocycles. The van der Waals surface area contributed by atoms with Gasteiger partial charge in [-0.05, 0) is 44.0 Å². The van der Waals surface area contributed by atoms with Gasteiger partial charge in [-0.2, -0.15) is 0 Å². The van der Waals surface area contributed by atoms with E-state index >= 15 is 0 Å². The Morgan fingerprint density at radius 1 is 1.09 bits per heavy atom. The number of hydrogen-bond acceptors (Lipinski definition) is 2. The van der Waals surface area contributed by atoms with Crippen LogP contribution in [-0.4, -0.2) is 0 Å². The molecular formula is C20H20O2. The zero-order valence-electron chi connectivity index (χ0n) is 13.2. The number of benzene rings is 2. The maximum atomic E-state index is 6.13. The van der Waals surface area contributed by atoms with Gasteiger partial charge >= 0.3 is 0 Å². The van der Waals surface area contributed by atoms with Crippen LogP contribution in [0.15, 0.2) is 65.1 Å². The van der Waals surface area contributed by atoms with Crippen LogP contribution >= 0.6 is 0 Å². The van der Waals surface area contributed by atoms with Gasteiger partial charge in [-0.25, -0.2) is 0 Å². The lowest BCUT2D eigenvalue weighted by Crippen LogP contribution is -2.02. The summed E-state index contributed by atoms with van der Waals surface area (Å²) in [6, 6.07) is 18.3. The molecule has 22 heavy (non-hydrogen) atoms. The minimum absolute atomic E-state index is 0.0248. The average Bonchev–Trinajstić information content (AvgIpc) is 3.00. The topological polar surface area (TPSA) is 22.4 Å². The number of furan rings is 1. The Morgan fingerprint density at radius 3 is 2.59 bits per heavy atom. The van der Waals surface area contributed by atoms with Gasteiger partial charge in [0.15, 0.2) is 11.3 Å². The molecule has 0 radical (unpaired) electrons. The highest BCUT2D eigenvalue weighted by atomic mass is 16.5. The fraction of sp³-hybridized carbons (Fsp3) is 0.200. The fourth-order valence-electron chi connectivity index (χ4n) is 2.45. The van der Waals surface area contributed by atoms with Gasteiger partial charge in [0.05, 0.1) is 0 Å². The highest BCUT2D eigenvalue weighted by molar-refractivity contribution is 5.86. The van der Waals surface area contributed by atoms with E-state index < -0.39 is 0 Å². The van der Waals surface area contributed by atoms with Crippen LogP contribution in [0.5, 0.6) is 5.75 Å². The van der Waals surface area contributed by atoms with Crippen molar-refractivity contribution in [1.82, 2.24) is 0 Å². The van der Waals surface area contributed by atoms with Crippen LogP contribution in [-0.2, 0) is 0 Å². The predicted molar refractivity (Wildman–Crippen MR) is 91.0 cm³/mol. The van der Waals surface area contributed by atoms with Gasteiger partial charge in [-0.3, -0.25) is 0 Å². The standard InChI is InChI=1S/C20H20O2/c1-4-14(2)19-13-17-11-8-12-18(20(17)22-19)21-15(3)16-9-6-5-7-10-16/h4-13,15H,1-3H3/b14-4+. The third-order valence-electron chi connectivity index (χ3n) is 3.90. The minimum Gasteiger partial charge on any atom is -0.482 e. The summed E-state index contributed by atoms with van der Waals surface area (Å²) < 4.78 is 12.1. The first-order valence-electron chi connectivity index (χ1n) is 7.56. The van der Waals surface area contributed by atoms with Crippen molar-refractivity contribution in [3.8, 4) is 5.75 Å². The van der Waals surface area contributed by atoms with Crippen LogP contribution in [0.25, 0.3) is 16.5 Å². The summed E-state index contributed by atoms with van der Waals surface area (Å²) in [5, 5.41) is 1.06. The molecule has 0 aliphatic carbocycles. The first kappa shape index (κ1) is 14.5. The second-order valence-electron chi connectivity index (χ2n) is 5.43. The van der Waals surface area contributed by atoms with E-state index in [9.17, 15) is 0 Å². The SMILES string of the molecule is C/C=C(\C)c1cc2cccc(OC(C)c3ccccc3)c2o1. The quantitative estimate of drug-likeness (QED) is 0.588. The molecule has 1 atom stereocenters. The number of hydrogen-bond donors (Lipinski definition) is 0. The van der Waals surface area contributed by atoms with E-state index in [4.69, 9.17) is 9.15 Å². The van der Waals surface area contributed by atoms with Crippen LogP contribution in [0.3, 0.4) is 0 Å². The van der Waals surface area contributed by atoms with Crippen molar-refractivity contribution in [3.05, 3.63) is 72.0 Å². The maximum absolute atomic E-state index is 6.13. The zero-order chi connectivity index (χ0) is 15.5. The molecule has 0 N–H and O–H groups in total. The molecule has 1 aromatic heterocycles. The van der Waals surface area contributed by atoms with Crippen LogP contribution in [0, 0.1) is 0 Å². The summed E-state index contributed by atoms with van der Waals surface area (Å²) in [6.45, 7) is 6.11. The van der Waals surface area contributed by atoms with E-state index in [0.29, 0.717) is 0 Å². The molecule has 2 aromatic carbocycles. The molecule has 0 bridgehead atoms. The van der Waals surface area contributed by atoms with E-state index in [0.717, 1.165) is 33.6 Å². The Balaban J connectivity index is 1.95. The smallest absolute Gasteiger partial charge is 0.176 e. The van der Waals surface area contributed by atoms with Crippen molar-refractivity contribution < 1.29 is 9.15 Å². The predicted octanol–water partition coefficient (Wildman–Crippen LogP) is 6.00. The van der Waals surface area contributed by atoms with E-state index in [2.05, 4.69) is 25.1 Å². The first-order valence-corrected chi connectivity index (χ1v) is 7.56. The second-order valence-corrected chi connectivity index (χ2v) is 5.43. The molecule has 0 fully saturated rings. The Morgan fingerprint density at radius 2 is 1.86 bits per heavy atom. The molecule has 3 aromatic rings. The summed E-state index contributed by atoms with van der Waals surface area (Å²) in [7, 11) is 0. The Kier molecular flexibility index (Phi) is 4.01. The second kappa shape index (κ2) is 6.10. The first-order chi connectivity index (χ1) is 10.7. The summed E-state index contributed by atoms with van der Waals surface area (Å²) >= 11 is 0. The van der Waals surface area contributed by atoms with E-state index in [1.54, 1.807) is 0 Å². The van der Waals surface area contributed by atoms with Crippen molar-refractivity contribution in [2.75, 3.05) is 0 Å². The molecular weight excluding hydrogens is 272 g/mol. The Bertz CT molecular complexity index is 797. The van der Waals surface area contributed by atoms with Crippen molar-refractivity contribution in [3.63, 3.8) is 0 Å². The van der Waals surface area contributed by atoms with Gasteiger partial charge in [-0.15, -0.1) is 0 Å². The lowest BCUT2D eigenvalue weighted by atomic mass is 10.1. The van der Waals surface area contributed by atoms with Gasteiger partial charge in [0, 0.05) is 5.39 Å². The average molecular weight is 292 g/mol. The molecule has 0 aliphatic heterocycles. The van der Waals surface area contributed by atoms with Gasteiger partial charge in [0.2, 0.25) is 0 Å². The lowest BCUT2D eigenvalue weighted by Gasteiger charge is -2.15. The molecule has 1 unspecified atom stereocenters. The Hall–Kier alpha value is -2.48.